The van der Waals surface area contributed by atoms with Crippen molar-refractivity contribution in [3.8, 4) is 12.3 Å². The first kappa shape index (κ1) is 15.4. The molecule has 0 aromatic rings. The lowest BCUT2D eigenvalue weighted by molar-refractivity contribution is -0.143. The van der Waals surface area contributed by atoms with Gasteiger partial charge in [-0.05, 0) is 58.8 Å². The summed E-state index contributed by atoms with van der Waals surface area (Å²) in [6, 6.07) is 0.809. The molecule has 0 bridgehead atoms. The van der Waals surface area contributed by atoms with Gasteiger partial charge in [0.1, 0.15) is 6.61 Å². The summed E-state index contributed by atoms with van der Waals surface area (Å²) in [7, 11) is 0. The molecule has 0 aromatic heterocycles. The Balaban J connectivity index is 1.86. The lowest BCUT2D eigenvalue weighted by atomic mass is 9.84. The predicted octanol–water partition coefficient (Wildman–Crippen LogP) is 2.98. The maximum atomic E-state index is 12.7. The fourth-order valence-corrected chi connectivity index (χ4v) is 3.71. The van der Waals surface area contributed by atoms with Crippen molar-refractivity contribution >= 4 is 5.91 Å². The van der Waals surface area contributed by atoms with Gasteiger partial charge in [0.25, 0.3) is 0 Å². The Kier molecular flexibility index (Phi) is 5.48. The molecular formula is C17H27NO2. The Morgan fingerprint density at radius 1 is 1.15 bits per heavy atom. The number of hydrogen-bond acceptors (Lipinski definition) is 2. The zero-order chi connectivity index (χ0) is 14.5. The normalized spacial score (nSPS) is 34.5. The summed E-state index contributed by atoms with van der Waals surface area (Å²) >= 11 is 0. The van der Waals surface area contributed by atoms with Gasteiger partial charge in [0.05, 0.1) is 6.10 Å². The largest absolute Gasteiger partial charge is 0.366 e. The van der Waals surface area contributed by atoms with E-state index in [9.17, 15) is 4.79 Å². The van der Waals surface area contributed by atoms with Crippen molar-refractivity contribution in [2.45, 2.75) is 77.0 Å². The van der Waals surface area contributed by atoms with Crippen LogP contribution in [0.25, 0.3) is 0 Å². The Morgan fingerprint density at radius 3 is 2.30 bits per heavy atom. The van der Waals surface area contributed by atoms with Gasteiger partial charge in [-0.3, -0.25) is 4.79 Å². The van der Waals surface area contributed by atoms with Crippen LogP contribution in [0.3, 0.4) is 0 Å². The smallest absolute Gasteiger partial charge is 0.226 e. The van der Waals surface area contributed by atoms with Crippen molar-refractivity contribution in [2.24, 2.45) is 5.92 Å². The summed E-state index contributed by atoms with van der Waals surface area (Å²) in [4.78, 5) is 14.9. The van der Waals surface area contributed by atoms with Crippen molar-refractivity contribution in [3.05, 3.63) is 0 Å². The second kappa shape index (κ2) is 7.13. The highest BCUT2D eigenvalue weighted by Crippen LogP contribution is 2.31. The SMILES string of the molecule is C#CCOC1CCC(C(=O)N2C(C)CCCC2C)CC1. The van der Waals surface area contributed by atoms with Gasteiger partial charge in [-0.15, -0.1) is 6.42 Å². The van der Waals surface area contributed by atoms with Crippen LogP contribution in [-0.2, 0) is 9.53 Å². The lowest BCUT2D eigenvalue weighted by Crippen LogP contribution is -2.50. The quantitative estimate of drug-likeness (QED) is 0.742. The summed E-state index contributed by atoms with van der Waals surface area (Å²) in [6.45, 7) is 4.77. The number of likely N-dealkylation sites (tertiary alicyclic amines) is 1. The highest BCUT2D eigenvalue weighted by Gasteiger charge is 2.35. The number of amides is 1. The molecule has 2 aliphatic rings. The van der Waals surface area contributed by atoms with E-state index in [1.54, 1.807) is 0 Å². The van der Waals surface area contributed by atoms with Crippen LogP contribution in [0.2, 0.25) is 0 Å². The Labute approximate surface area is 123 Å². The number of rotatable bonds is 3. The molecular weight excluding hydrogens is 250 g/mol. The number of piperidine rings is 1. The third-order valence-corrected chi connectivity index (χ3v) is 4.87. The van der Waals surface area contributed by atoms with Crippen molar-refractivity contribution in [3.63, 3.8) is 0 Å². The van der Waals surface area contributed by atoms with Crippen LogP contribution >= 0.6 is 0 Å². The molecule has 2 atom stereocenters. The summed E-state index contributed by atoms with van der Waals surface area (Å²) in [5.41, 5.74) is 0. The molecule has 0 spiro atoms. The van der Waals surface area contributed by atoms with Gasteiger partial charge in [-0.2, -0.15) is 0 Å². The van der Waals surface area contributed by atoms with E-state index < -0.39 is 0 Å². The second-order valence-electron chi connectivity index (χ2n) is 6.36. The molecule has 1 saturated heterocycles. The molecule has 1 aliphatic carbocycles. The van der Waals surface area contributed by atoms with Gasteiger partial charge in [0.2, 0.25) is 5.91 Å². The zero-order valence-corrected chi connectivity index (χ0v) is 12.8. The van der Waals surface area contributed by atoms with Crippen LogP contribution in [0, 0.1) is 18.3 Å². The van der Waals surface area contributed by atoms with E-state index >= 15 is 0 Å². The Hall–Kier alpha value is -1.01. The molecule has 1 heterocycles. The Morgan fingerprint density at radius 2 is 1.75 bits per heavy atom. The molecule has 1 amide bonds. The molecule has 2 rings (SSSR count). The highest BCUT2D eigenvalue weighted by molar-refractivity contribution is 5.79. The number of hydrogen-bond donors (Lipinski definition) is 0. The minimum Gasteiger partial charge on any atom is -0.366 e. The summed E-state index contributed by atoms with van der Waals surface area (Å²) in [5.74, 6) is 3.09. The number of ether oxygens (including phenoxy) is 1. The fourth-order valence-electron chi connectivity index (χ4n) is 3.71. The summed E-state index contributed by atoms with van der Waals surface area (Å²) in [5, 5.41) is 0. The number of carbonyl (C=O) groups excluding carboxylic acids is 1. The molecule has 1 aliphatic heterocycles. The molecule has 1 saturated carbocycles. The van der Waals surface area contributed by atoms with E-state index in [1.165, 1.54) is 6.42 Å². The average molecular weight is 277 g/mol. The van der Waals surface area contributed by atoms with E-state index in [0.717, 1.165) is 38.5 Å². The van der Waals surface area contributed by atoms with Crippen molar-refractivity contribution in [1.29, 1.82) is 0 Å². The average Bonchev–Trinajstić information content (AvgIpc) is 2.45. The first-order chi connectivity index (χ1) is 9.63. The molecule has 2 fully saturated rings. The van der Waals surface area contributed by atoms with Gasteiger partial charge in [0, 0.05) is 18.0 Å². The van der Waals surface area contributed by atoms with Gasteiger partial charge >= 0.3 is 0 Å². The van der Waals surface area contributed by atoms with Gasteiger partial charge in [-0.1, -0.05) is 5.92 Å². The second-order valence-corrected chi connectivity index (χ2v) is 6.36. The Bertz CT molecular complexity index is 356. The van der Waals surface area contributed by atoms with Crippen LogP contribution < -0.4 is 0 Å². The van der Waals surface area contributed by atoms with Crippen LogP contribution in [0.15, 0.2) is 0 Å². The van der Waals surface area contributed by atoms with Crippen LogP contribution in [-0.4, -0.2) is 35.6 Å². The number of carbonyl (C=O) groups is 1. The molecule has 3 nitrogen and oxygen atoms in total. The van der Waals surface area contributed by atoms with Crippen LogP contribution in [0.5, 0.6) is 0 Å². The minimum atomic E-state index is 0.198. The first-order valence-electron chi connectivity index (χ1n) is 8.00. The monoisotopic (exact) mass is 277 g/mol. The van der Waals surface area contributed by atoms with Crippen molar-refractivity contribution in [1.82, 2.24) is 4.90 Å². The van der Waals surface area contributed by atoms with E-state index in [0.29, 0.717) is 24.6 Å². The van der Waals surface area contributed by atoms with Gasteiger partial charge in [-0.25, -0.2) is 0 Å². The molecule has 112 valence electrons. The first-order valence-corrected chi connectivity index (χ1v) is 8.00. The zero-order valence-electron chi connectivity index (χ0n) is 12.8. The van der Waals surface area contributed by atoms with Crippen LogP contribution in [0.4, 0.5) is 0 Å². The van der Waals surface area contributed by atoms with Crippen molar-refractivity contribution in [2.75, 3.05) is 6.61 Å². The van der Waals surface area contributed by atoms with E-state index in [-0.39, 0.29) is 12.0 Å². The third kappa shape index (κ3) is 3.55. The predicted molar refractivity (Wildman–Crippen MR) is 80.2 cm³/mol. The van der Waals surface area contributed by atoms with E-state index in [4.69, 9.17) is 11.2 Å². The fraction of sp³-hybridized carbons (Fsp3) is 0.824. The highest BCUT2D eigenvalue weighted by atomic mass is 16.5. The van der Waals surface area contributed by atoms with Crippen LogP contribution in [0.1, 0.15) is 58.8 Å². The number of terminal acetylenes is 1. The molecule has 0 N–H and O–H groups in total. The van der Waals surface area contributed by atoms with E-state index in [2.05, 4.69) is 24.7 Å². The lowest BCUT2D eigenvalue weighted by Gasteiger charge is -2.42. The summed E-state index contributed by atoms with van der Waals surface area (Å²) < 4.78 is 5.59. The third-order valence-electron chi connectivity index (χ3n) is 4.87. The van der Waals surface area contributed by atoms with Gasteiger partial charge in [0.15, 0.2) is 0 Å². The maximum absolute atomic E-state index is 12.7. The molecule has 0 aromatic carbocycles. The standard InChI is InChI=1S/C17H27NO2/c1-4-12-20-16-10-8-15(9-11-16)17(19)18-13(2)6-5-7-14(18)3/h1,13-16H,5-12H2,2-3H3. The topological polar surface area (TPSA) is 29.5 Å². The van der Waals surface area contributed by atoms with E-state index in [1.807, 2.05) is 0 Å². The van der Waals surface area contributed by atoms with Crippen molar-refractivity contribution < 1.29 is 9.53 Å². The molecule has 3 heteroatoms. The minimum absolute atomic E-state index is 0.198. The summed E-state index contributed by atoms with van der Waals surface area (Å²) in [6.07, 6.45) is 12.8. The molecule has 20 heavy (non-hydrogen) atoms. The number of nitrogens with zero attached hydrogens (tertiary/aromatic N) is 1. The maximum Gasteiger partial charge on any atom is 0.226 e. The van der Waals surface area contributed by atoms with Gasteiger partial charge < -0.3 is 9.64 Å². The molecule has 0 radical (unpaired) electrons. The molecule has 2 unspecified atom stereocenters.